The second kappa shape index (κ2) is 6.05. The summed E-state index contributed by atoms with van der Waals surface area (Å²) in [5, 5.41) is 9.10. The third-order valence-electron chi connectivity index (χ3n) is 4.39. The van der Waals surface area contributed by atoms with Gasteiger partial charge in [-0.25, -0.2) is 4.98 Å². The van der Waals surface area contributed by atoms with Gasteiger partial charge >= 0.3 is 0 Å². The van der Waals surface area contributed by atoms with Crippen molar-refractivity contribution in [1.82, 2.24) is 14.5 Å². The van der Waals surface area contributed by atoms with Gasteiger partial charge in [-0.05, 0) is 44.6 Å². The highest BCUT2D eigenvalue weighted by Gasteiger charge is 2.21. The van der Waals surface area contributed by atoms with E-state index < -0.39 is 0 Å². The number of nitrogens with zero attached hydrogens (tertiary/aromatic N) is 4. The molecule has 1 saturated heterocycles. The summed E-state index contributed by atoms with van der Waals surface area (Å²) in [4.78, 5) is 7.02. The fraction of sp³-hybridized carbons (Fsp3) is 0.500. The lowest BCUT2D eigenvalue weighted by Crippen LogP contribution is -2.39. The van der Waals surface area contributed by atoms with Crippen LogP contribution in [0.4, 0.5) is 0 Å². The monoisotopic (exact) mass is 302 g/mol. The van der Waals surface area contributed by atoms with Gasteiger partial charge in [0, 0.05) is 12.6 Å². The van der Waals surface area contributed by atoms with Crippen molar-refractivity contribution in [3.63, 3.8) is 0 Å². The predicted octanol–water partition coefficient (Wildman–Crippen LogP) is 3.13. The van der Waals surface area contributed by atoms with E-state index in [4.69, 9.17) is 16.9 Å². The Morgan fingerprint density at radius 2 is 2.29 bits per heavy atom. The van der Waals surface area contributed by atoms with Gasteiger partial charge in [-0.2, -0.15) is 5.26 Å². The Labute approximate surface area is 129 Å². The molecular formula is C16H19ClN4. The molecule has 0 amide bonds. The van der Waals surface area contributed by atoms with Crippen LogP contribution in [0.15, 0.2) is 18.2 Å². The molecule has 0 aliphatic carbocycles. The van der Waals surface area contributed by atoms with Gasteiger partial charge in [-0.1, -0.05) is 6.42 Å². The summed E-state index contributed by atoms with van der Waals surface area (Å²) in [5.41, 5.74) is 2.61. The van der Waals surface area contributed by atoms with E-state index in [1.807, 2.05) is 18.2 Å². The molecule has 0 bridgehead atoms. The Kier molecular flexibility index (Phi) is 4.14. The molecule has 0 radical (unpaired) electrons. The van der Waals surface area contributed by atoms with E-state index in [0.29, 0.717) is 17.5 Å². The average molecular weight is 303 g/mol. The van der Waals surface area contributed by atoms with E-state index in [1.165, 1.54) is 19.3 Å². The molecule has 0 spiro atoms. The molecule has 1 unspecified atom stereocenters. The van der Waals surface area contributed by atoms with Gasteiger partial charge in [0.15, 0.2) is 0 Å². The summed E-state index contributed by atoms with van der Waals surface area (Å²) in [6, 6.07) is 8.35. The Bertz CT molecular complexity index is 685. The molecule has 1 aliphatic heterocycles. The molecule has 0 saturated carbocycles. The summed E-state index contributed by atoms with van der Waals surface area (Å²) in [7, 11) is 2.18. The lowest BCUT2D eigenvalue weighted by Gasteiger charge is -2.33. The number of imidazole rings is 1. The normalized spacial score (nSPS) is 19.8. The zero-order valence-corrected chi connectivity index (χ0v) is 13.0. The molecule has 21 heavy (non-hydrogen) atoms. The third-order valence-corrected chi connectivity index (χ3v) is 4.63. The molecule has 2 heterocycles. The van der Waals surface area contributed by atoms with Crippen molar-refractivity contribution in [2.45, 2.75) is 37.7 Å². The molecule has 110 valence electrons. The average Bonchev–Trinajstić information content (AvgIpc) is 2.86. The SMILES string of the molecule is CN1CCCCC1Cn1c(CCl)nc2ccc(C#N)cc21. The van der Waals surface area contributed by atoms with Crippen LogP contribution in [0.3, 0.4) is 0 Å². The van der Waals surface area contributed by atoms with E-state index in [1.54, 1.807) is 0 Å². The van der Waals surface area contributed by atoms with Crippen LogP contribution in [0, 0.1) is 11.3 Å². The Hall–Kier alpha value is -1.57. The molecule has 1 aliphatic rings. The zero-order valence-electron chi connectivity index (χ0n) is 12.2. The molecule has 3 rings (SSSR count). The number of rotatable bonds is 3. The highest BCUT2D eigenvalue weighted by atomic mass is 35.5. The van der Waals surface area contributed by atoms with Crippen LogP contribution in [0.1, 0.15) is 30.7 Å². The maximum atomic E-state index is 9.10. The summed E-state index contributed by atoms with van der Waals surface area (Å²) in [6.07, 6.45) is 3.76. The minimum atomic E-state index is 0.396. The van der Waals surface area contributed by atoms with Crippen molar-refractivity contribution in [2.75, 3.05) is 13.6 Å². The third kappa shape index (κ3) is 2.76. The van der Waals surface area contributed by atoms with E-state index in [2.05, 4.69) is 27.6 Å². The van der Waals surface area contributed by atoms with Gasteiger partial charge in [0.1, 0.15) is 5.82 Å². The van der Waals surface area contributed by atoms with Crippen molar-refractivity contribution < 1.29 is 0 Å². The first-order valence-corrected chi connectivity index (χ1v) is 7.92. The lowest BCUT2D eigenvalue weighted by atomic mass is 10.0. The summed E-state index contributed by atoms with van der Waals surface area (Å²) in [5.74, 6) is 1.29. The number of piperidine rings is 1. The van der Waals surface area contributed by atoms with E-state index >= 15 is 0 Å². The maximum absolute atomic E-state index is 9.10. The van der Waals surface area contributed by atoms with Crippen molar-refractivity contribution in [2.24, 2.45) is 0 Å². The smallest absolute Gasteiger partial charge is 0.124 e. The van der Waals surface area contributed by atoms with E-state index in [0.717, 1.165) is 29.9 Å². The number of aromatic nitrogens is 2. The zero-order chi connectivity index (χ0) is 14.8. The first kappa shape index (κ1) is 14.4. The Balaban J connectivity index is 2.00. The molecule has 1 aromatic carbocycles. The first-order chi connectivity index (χ1) is 10.2. The van der Waals surface area contributed by atoms with Gasteiger partial charge in [0.05, 0.1) is 28.5 Å². The van der Waals surface area contributed by atoms with Gasteiger partial charge < -0.3 is 9.47 Å². The number of alkyl halides is 1. The van der Waals surface area contributed by atoms with Gasteiger partial charge in [0.2, 0.25) is 0 Å². The van der Waals surface area contributed by atoms with Gasteiger partial charge in [-0.15, -0.1) is 11.6 Å². The van der Waals surface area contributed by atoms with E-state index in [9.17, 15) is 0 Å². The van der Waals surface area contributed by atoms with Crippen molar-refractivity contribution >= 4 is 22.6 Å². The van der Waals surface area contributed by atoms with Crippen LogP contribution in [-0.2, 0) is 12.4 Å². The quantitative estimate of drug-likeness (QED) is 0.818. The fourth-order valence-corrected chi connectivity index (χ4v) is 3.34. The van der Waals surface area contributed by atoms with Crippen LogP contribution in [0.2, 0.25) is 0 Å². The minimum absolute atomic E-state index is 0.396. The Morgan fingerprint density at radius 3 is 3.00 bits per heavy atom. The molecular weight excluding hydrogens is 284 g/mol. The first-order valence-electron chi connectivity index (χ1n) is 7.38. The predicted molar refractivity (Wildman–Crippen MR) is 84.3 cm³/mol. The van der Waals surface area contributed by atoms with Gasteiger partial charge in [-0.3, -0.25) is 0 Å². The van der Waals surface area contributed by atoms with Crippen molar-refractivity contribution in [1.29, 1.82) is 5.26 Å². The molecule has 0 N–H and O–H groups in total. The van der Waals surface area contributed by atoms with E-state index in [-0.39, 0.29) is 0 Å². The number of nitriles is 1. The summed E-state index contributed by atoms with van der Waals surface area (Å²) in [6.45, 7) is 2.04. The second-order valence-corrected chi connectivity index (χ2v) is 5.99. The van der Waals surface area contributed by atoms with Crippen molar-refractivity contribution in [3.8, 4) is 6.07 Å². The van der Waals surface area contributed by atoms with Crippen LogP contribution in [0.5, 0.6) is 0 Å². The number of likely N-dealkylation sites (N-methyl/N-ethyl adjacent to an activating group) is 1. The maximum Gasteiger partial charge on any atom is 0.124 e. The molecule has 1 aromatic heterocycles. The summed E-state index contributed by atoms with van der Waals surface area (Å²) >= 11 is 6.07. The molecule has 1 atom stereocenters. The highest BCUT2D eigenvalue weighted by molar-refractivity contribution is 6.16. The lowest BCUT2D eigenvalue weighted by molar-refractivity contribution is 0.168. The van der Waals surface area contributed by atoms with Crippen LogP contribution >= 0.6 is 11.6 Å². The van der Waals surface area contributed by atoms with Crippen LogP contribution in [0.25, 0.3) is 11.0 Å². The fourth-order valence-electron chi connectivity index (χ4n) is 3.13. The number of halogens is 1. The number of hydrogen-bond acceptors (Lipinski definition) is 3. The molecule has 4 nitrogen and oxygen atoms in total. The Morgan fingerprint density at radius 1 is 1.43 bits per heavy atom. The number of benzene rings is 1. The summed E-state index contributed by atoms with van der Waals surface area (Å²) < 4.78 is 2.19. The second-order valence-electron chi connectivity index (χ2n) is 5.72. The number of likely N-dealkylation sites (tertiary alicyclic amines) is 1. The molecule has 5 heteroatoms. The van der Waals surface area contributed by atoms with Crippen LogP contribution in [-0.4, -0.2) is 34.1 Å². The number of fused-ring (bicyclic) bond motifs is 1. The van der Waals surface area contributed by atoms with Gasteiger partial charge in [0.25, 0.3) is 0 Å². The topological polar surface area (TPSA) is 44.9 Å². The number of hydrogen-bond donors (Lipinski definition) is 0. The van der Waals surface area contributed by atoms with Crippen molar-refractivity contribution in [3.05, 3.63) is 29.6 Å². The molecule has 1 fully saturated rings. The highest BCUT2D eigenvalue weighted by Crippen LogP contribution is 2.23. The largest absolute Gasteiger partial charge is 0.325 e. The van der Waals surface area contributed by atoms with Crippen LogP contribution < -0.4 is 0 Å². The molecule has 2 aromatic rings. The minimum Gasteiger partial charge on any atom is -0.325 e. The standard InChI is InChI=1S/C16H19ClN4/c1-20-7-3-2-4-13(20)11-21-15-8-12(10-18)5-6-14(15)19-16(21)9-17/h5-6,8,13H,2-4,7,9,11H2,1H3.